The second-order valence-corrected chi connectivity index (χ2v) is 5.51. The summed E-state index contributed by atoms with van der Waals surface area (Å²) in [6.45, 7) is -0.239. The first-order chi connectivity index (χ1) is 12.4. The van der Waals surface area contributed by atoms with Crippen LogP contribution in [-0.4, -0.2) is 31.5 Å². The van der Waals surface area contributed by atoms with Gasteiger partial charge in [-0.3, -0.25) is 9.59 Å². The number of hydrogen-bond donors (Lipinski definition) is 2. The molecule has 0 atom stereocenters. The predicted molar refractivity (Wildman–Crippen MR) is 88.6 cm³/mol. The number of amides is 2. The molecule has 2 aromatic rings. The maximum atomic E-state index is 13.5. The highest BCUT2D eigenvalue weighted by molar-refractivity contribution is 6.30. The second kappa shape index (κ2) is 9.10. The average Bonchev–Trinajstić information content (AvgIpc) is 2.62. The zero-order valence-electron chi connectivity index (χ0n) is 13.3. The van der Waals surface area contributed by atoms with Crippen LogP contribution in [-0.2, 0) is 4.79 Å². The lowest BCUT2D eigenvalue weighted by Crippen LogP contribution is -2.37. The van der Waals surface area contributed by atoms with Crippen molar-refractivity contribution in [2.24, 2.45) is 0 Å². The Hall–Kier alpha value is -2.74. The lowest BCUT2D eigenvalue weighted by Gasteiger charge is -2.09. The highest BCUT2D eigenvalue weighted by Crippen LogP contribution is 2.15. The molecule has 0 fully saturated rings. The Balaban J connectivity index is 1.71. The van der Waals surface area contributed by atoms with Crippen LogP contribution in [0.2, 0.25) is 5.02 Å². The van der Waals surface area contributed by atoms with Gasteiger partial charge >= 0.3 is 0 Å². The van der Waals surface area contributed by atoms with Crippen molar-refractivity contribution < 1.29 is 27.5 Å². The third-order valence-corrected chi connectivity index (χ3v) is 3.45. The van der Waals surface area contributed by atoms with E-state index in [4.69, 9.17) is 16.3 Å². The van der Waals surface area contributed by atoms with Gasteiger partial charge in [0.05, 0.1) is 5.56 Å². The van der Waals surface area contributed by atoms with Gasteiger partial charge in [0.25, 0.3) is 11.8 Å². The number of nitrogens with one attached hydrogen (secondary N) is 2. The van der Waals surface area contributed by atoms with E-state index < -0.39 is 34.8 Å². The van der Waals surface area contributed by atoms with E-state index in [0.29, 0.717) is 16.8 Å². The predicted octanol–water partition coefficient (Wildman–Crippen LogP) is 2.68. The average molecular weight is 387 g/mol. The molecule has 5 nitrogen and oxygen atoms in total. The fourth-order valence-corrected chi connectivity index (χ4v) is 2.03. The molecule has 9 heteroatoms. The fourth-order valence-electron chi connectivity index (χ4n) is 1.91. The Morgan fingerprint density at radius 1 is 0.923 bits per heavy atom. The molecule has 0 radical (unpaired) electrons. The molecule has 0 aliphatic rings. The van der Waals surface area contributed by atoms with Crippen molar-refractivity contribution in [2.75, 3.05) is 19.7 Å². The molecule has 2 rings (SSSR count). The largest absolute Gasteiger partial charge is 0.484 e. The zero-order valence-corrected chi connectivity index (χ0v) is 14.1. The highest BCUT2D eigenvalue weighted by Gasteiger charge is 2.18. The van der Waals surface area contributed by atoms with Crippen LogP contribution in [0.15, 0.2) is 36.4 Å². The standard InChI is InChI=1S/C17H14ClF3N2O3/c18-10-1-3-11(4-2-10)26-9-14(24)22-7-8-23-17(25)12-5-6-13(19)16(21)15(12)20/h1-6H,7-9H2,(H,22,24)(H,23,25). The van der Waals surface area contributed by atoms with Crippen LogP contribution in [0.25, 0.3) is 0 Å². The normalized spacial score (nSPS) is 10.3. The number of benzene rings is 2. The van der Waals surface area contributed by atoms with Crippen LogP contribution in [0.5, 0.6) is 5.75 Å². The number of rotatable bonds is 7. The van der Waals surface area contributed by atoms with Crippen LogP contribution in [0.4, 0.5) is 13.2 Å². The molecular weight excluding hydrogens is 373 g/mol. The molecule has 0 saturated heterocycles. The number of hydrogen-bond acceptors (Lipinski definition) is 3. The molecule has 0 unspecified atom stereocenters. The Labute approximate surface area is 152 Å². The smallest absolute Gasteiger partial charge is 0.258 e. The van der Waals surface area contributed by atoms with Crippen molar-refractivity contribution in [3.8, 4) is 5.75 Å². The molecule has 0 saturated carbocycles. The molecular formula is C17H14ClF3N2O3. The Bertz CT molecular complexity index is 801. The molecule has 0 aliphatic heterocycles. The molecule has 26 heavy (non-hydrogen) atoms. The maximum Gasteiger partial charge on any atom is 0.258 e. The summed E-state index contributed by atoms with van der Waals surface area (Å²) in [5.74, 6) is -5.56. The summed E-state index contributed by atoms with van der Waals surface area (Å²) in [4.78, 5) is 23.3. The SMILES string of the molecule is O=C(COc1ccc(Cl)cc1)NCCNC(=O)c1ccc(F)c(F)c1F. The third kappa shape index (κ3) is 5.38. The van der Waals surface area contributed by atoms with E-state index in [0.717, 1.165) is 6.07 Å². The van der Waals surface area contributed by atoms with Gasteiger partial charge in [-0.05, 0) is 36.4 Å². The van der Waals surface area contributed by atoms with Gasteiger partial charge in [-0.1, -0.05) is 11.6 Å². The lowest BCUT2D eigenvalue weighted by atomic mass is 10.2. The van der Waals surface area contributed by atoms with E-state index in [2.05, 4.69) is 10.6 Å². The van der Waals surface area contributed by atoms with Crippen LogP contribution in [0.1, 0.15) is 10.4 Å². The van der Waals surface area contributed by atoms with E-state index >= 15 is 0 Å². The van der Waals surface area contributed by atoms with E-state index in [1.807, 2.05) is 0 Å². The van der Waals surface area contributed by atoms with Crippen LogP contribution < -0.4 is 15.4 Å². The second-order valence-electron chi connectivity index (χ2n) is 5.07. The Morgan fingerprint density at radius 2 is 1.58 bits per heavy atom. The van der Waals surface area contributed by atoms with E-state index in [1.165, 1.54) is 0 Å². The first-order valence-electron chi connectivity index (χ1n) is 7.45. The van der Waals surface area contributed by atoms with Crippen molar-refractivity contribution >= 4 is 23.4 Å². The first-order valence-corrected chi connectivity index (χ1v) is 7.83. The summed E-state index contributed by atoms with van der Waals surface area (Å²) < 4.78 is 44.6. The Kier molecular flexibility index (Phi) is 6.85. The van der Waals surface area contributed by atoms with E-state index in [1.54, 1.807) is 24.3 Å². The minimum Gasteiger partial charge on any atom is -0.484 e. The maximum absolute atomic E-state index is 13.5. The van der Waals surface area contributed by atoms with Crippen molar-refractivity contribution in [3.05, 3.63) is 64.4 Å². The van der Waals surface area contributed by atoms with Gasteiger partial charge in [0.15, 0.2) is 24.1 Å². The molecule has 138 valence electrons. The molecule has 0 aromatic heterocycles. The van der Waals surface area contributed by atoms with Gasteiger partial charge in [0, 0.05) is 18.1 Å². The summed E-state index contributed by atoms with van der Waals surface area (Å²) in [5, 5.41) is 5.29. The molecule has 2 amide bonds. The fraction of sp³-hybridized carbons (Fsp3) is 0.176. The molecule has 2 N–H and O–H groups in total. The number of ether oxygens (including phenoxy) is 1. The van der Waals surface area contributed by atoms with Crippen molar-refractivity contribution in [3.63, 3.8) is 0 Å². The van der Waals surface area contributed by atoms with Gasteiger partial charge < -0.3 is 15.4 Å². The monoisotopic (exact) mass is 386 g/mol. The summed E-state index contributed by atoms with van der Waals surface area (Å²) in [7, 11) is 0. The van der Waals surface area contributed by atoms with Crippen molar-refractivity contribution in [2.45, 2.75) is 0 Å². The van der Waals surface area contributed by atoms with Crippen LogP contribution in [0, 0.1) is 17.5 Å². The van der Waals surface area contributed by atoms with Gasteiger partial charge in [-0.25, -0.2) is 13.2 Å². The first kappa shape index (κ1) is 19.6. The summed E-state index contributed by atoms with van der Waals surface area (Å²) in [6.07, 6.45) is 0. The van der Waals surface area contributed by atoms with Crippen LogP contribution in [0.3, 0.4) is 0 Å². The quantitative estimate of drug-likeness (QED) is 0.568. The van der Waals surface area contributed by atoms with Gasteiger partial charge in [0.2, 0.25) is 0 Å². The van der Waals surface area contributed by atoms with Gasteiger partial charge in [0.1, 0.15) is 5.75 Å². The summed E-state index contributed by atoms with van der Waals surface area (Å²) in [6, 6.07) is 7.92. The van der Waals surface area contributed by atoms with Gasteiger partial charge in [-0.15, -0.1) is 0 Å². The molecule has 0 spiro atoms. The molecule has 0 aliphatic carbocycles. The number of halogens is 4. The number of carbonyl (C=O) groups excluding carboxylic acids is 2. The minimum absolute atomic E-state index is 0.0377. The lowest BCUT2D eigenvalue weighted by molar-refractivity contribution is -0.123. The third-order valence-electron chi connectivity index (χ3n) is 3.20. The number of carbonyl (C=O) groups is 2. The Morgan fingerprint density at radius 3 is 2.27 bits per heavy atom. The molecule has 0 bridgehead atoms. The van der Waals surface area contributed by atoms with Crippen molar-refractivity contribution in [1.29, 1.82) is 0 Å². The molecule has 2 aromatic carbocycles. The zero-order chi connectivity index (χ0) is 19.1. The van der Waals surface area contributed by atoms with Crippen LogP contribution >= 0.6 is 11.6 Å². The van der Waals surface area contributed by atoms with Gasteiger partial charge in [-0.2, -0.15) is 0 Å². The summed E-state index contributed by atoms with van der Waals surface area (Å²) in [5.41, 5.74) is -0.624. The highest BCUT2D eigenvalue weighted by atomic mass is 35.5. The summed E-state index contributed by atoms with van der Waals surface area (Å²) >= 11 is 5.72. The van der Waals surface area contributed by atoms with E-state index in [-0.39, 0.29) is 19.7 Å². The molecule has 0 heterocycles. The topological polar surface area (TPSA) is 67.4 Å². The van der Waals surface area contributed by atoms with Crippen molar-refractivity contribution in [1.82, 2.24) is 10.6 Å². The van der Waals surface area contributed by atoms with E-state index in [9.17, 15) is 22.8 Å². The minimum atomic E-state index is -1.72.